The normalized spacial score (nSPS) is 13.7. The molecule has 0 bridgehead atoms. The van der Waals surface area contributed by atoms with E-state index in [0.717, 1.165) is 25.0 Å². The molecular weight excluding hydrogens is 238 g/mol. The molecule has 4 nitrogen and oxygen atoms in total. The molecule has 0 aromatic heterocycles. The Hall–Kier alpha value is -0.770. The van der Waals surface area contributed by atoms with Gasteiger partial charge in [-0.25, -0.2) is 0 Å². The van der Waals surface area contributed by atoms with Crippen LogP contribution in [0.2, 0.25) is 0 Å². The van der Waals surface area contributed by atoms with Crippen LogP contribution in [0.4, 0.5) is 0 Å². The topological polar surface area (TPSA) is 45.7 Å². The highest BCUT2D eigenvalue weighted by Crippen LogP contribution is 2.08. The first-order valence-corrected chi connectivity index (χ1v) is 7.72. The second-order valence-electron chi connectivity index (χ2n) is 5.33. The molecule has 0 radical (unpaired) electrons. The van der Waals surface area contributed by atoms with Gasteiger partial charge in [-0.2, -0.15) is 0 Å². The van der Waals surface area contributed by atoms with E-state index in [4.69, 9.17) is 4.74 Å². The predicted molar refractivity (Wildman–Crippen MR) is 83.8 cm³/mol. The van der Waals surface area contributed by atoms with Gasteiger partial charge in [0.05, 0.1) is 13.2 Å². The number of ether oxygens (including phenoxy) is 1. The highest BCUT2D eigenvalue weighted by Gasteiger charge is 2.05. The second-order valence-corrected chi connectivity index (χ2v) is 5.33. The summed E-state index contributed by atoms with van der Waals surface area (Å²) in [5.74, 6) is 1.69. The Balaban J connectivity index is 3.95. The lowest BCUT2D eigenvalue weighted by atomic mass is 10.0. The van der Waals surface area contributed by atoms with Crippen molar-refractivity contribution in [3.8, 4) is 0 Å². The van der Waals surface area contributed by atoms with E-state index in [0.29, 0.717) is 19.2 Å². The molecule has 0 fully saturated rings. The van der Waals surface area contributed by atoms with E-state index in [1.165, 1.54) is 19.3 Å². The summed E-state index contributed by atoms with van der Waals surface area (Å²) in [7, 11) is 0. The van der Waals surface area contributed by atoms with Gasteiger partial charge < -0.3 is 15.4 Å². The maximum Gasteiger partial charge on any atom is 0.191 e. The van der Waals surface area contributed by atoms with Crippen molar-refractivity contribution in [2.45, 2.75) is 59.9 Å². The van der Waals surface area contributed by atoms with Gasteiger partial charge in [-0.3, -0.25) is 4.99 Å². The van der Waals surface area contributed by atoms with Crippen LogP contribution in [0.1, 0.15) is 53.9 Å². The Kier molecular flexibility index (Phi) is 11.8. The summed E-state index contributed by atoms with van der Waals surface area (Å²) in [4.78, 5) is 4.50. The molecule has 19 heavy (non-hydrogen) atoms. The van der Waals surface area contributed by atoms with Crippen molar-refractivity contribution in [1.82, 2.24) is 10.6 Å². The monoisotopic (exact) mass is 271 g/mol. The van der Waals surface area contributed by atoms with Crippen molar-refractivity contribution in [3.63, 3.8) is 0 Å². The maximum absolute atomic E-state index is 5.30. The van der Waals surface area contributed by atoms with E-state index in [2.05, 4.69) is 43.3 Å². The molecule has 0 aliphatic carbocycles. The first-order valence-electron chi connectivity index (χ1n) is 7.72. The molecule has 0 saturated carbocycles. The first-order chi connectivity index (χ1) is 9.10. The average molecular weight is 271 g/mol. The van der Waals surface area contributed by atoms with Crippen molar-refractivity contribution in [1.29, 1.82) is 0 Å². The zero-order chi connectivity index (χ0) is 14.5. The molecule has 0 amide bonds. The van der Waals surface area contributed by atoms with Gasteiger partial charge in [-0.05, 0) is 33.1 Å². The number of guanidine groups is 1. The average Bonchev–Trinajstić information content (AvgIpc) is 2.34. The lowest BCUT2D eigenvalue weighted by molar-refractivity contribution is 0.155. The van der Waals surface area contributed by atoms with Crippen LogP contribution in [0.15, 0.2) is 4.99 Å². The third-order valence-electron chi connectivity index (χ3n) is 2.86. The molecule has 0 aromatic rings. The van der Waals surface area contributed by atoms with Crippen LogP contribution in [-0.4, -0.2) is 38.3 Å². The lowest BCUT2D eigenvalue weighted by Crippen LogP contribution is -2.42. The van der Waals surface area contributed by atoms with Gasteiger partial charge in [0.15, 0.2) is 5.96 Å². The largest absolute Gasteiger partial charge is 0.380 e. The number of aliphatic imine (C=N–C) groups is 1. The summed E-state index contributed by atoms with van der Waals surface area (Å²) >= 11 is 0. The van der Waals surface area contributed by atoms with Gasteiger partial charge in [-0.15, -0.1) is 0 Å². The van der Waals surface area contributed by atoms with Crippen LogP contribution in [0.5, 0.6) is 0 Å². The molecule has 114 valence electrons. The third kappa shape index (κ3) is 12.0. The number of nitrogens with one attached hydrogen (secondary N) is 2. The summed E-state index contributed by atoms with van der Waals surface area (Å²) < 4.78 is 5.30. The summed E-state index contributed by atoms with van der Waals surface area (Å²) in [5, 5.41) is 6.72. The Morgan fingerprint density at radius 1 is 1.16 bits per heavy atom. The summed E-state index contributed by atoms with van der Waals surface area (Å²) in [6.07, 6.45) is 3.75. The summed E-state index contributed by atoms with van der Waals surface area (Å²) in [5.41, 5.74) is 0. The van der Waals surface area contributed by atoms with Crippen molar-refractivity contribution in [3.05, 3.63) is 0 Å². The fourth-order valence-corrected chi connectivity index (χ4v) is 1.82. The van der Waals surface area contributed by atoms with Gasteiger partial charge >= 0.3 is 0 Å². The maximum atomic E-state index is 5.30. The smallest absolute Gasteiger partial charge is 0.191 e. The Labute approximate surface area is 119 Å². The Morgan fingerprint density at radius 3 is 2.47 bits per heavy atom. The van der Waals surface area contributed by atoms with Gasteiger partial charge in [0.25, 0.3) is 0 Å². The van der Waals surface area contributed by atoms with Gasteiger partial charge in [0, 0.05) is 19.2 Å². The van der Waals surface area contributed by atoms with Crippen LogP contribution in [-0.2, 0) is 4.74 Å². The number of hydrogen-bond acceptors (Lipinski definition) is 2. The molecule has 0 aliphatic rings. The second kappa shape index (κ2) is 12.3. The van der Waals surface area contributed by atoms with Crippen molar-refractivity contribution in [2.24, 2.45) is 10.9 Å². The molecule has 1 unspecified atom stereocenters. The Bertz CT molecular complexity index is 229. The minimum Gasteiger partial charge on any atom is -0.380 e. The van der Waals surface area contributed by atoms with Crippen LogP contribution in [0, 0.1) is 5.92 Å². The number of hydrogen-bond donors (Lipinski definition) is 2. The highest BCUT2D eigenvalue weighted by atomic mass is 16.5. The van der Waals surface area contributed by atoms with Crippen LogP contribution in [0.3, 0.4) is 0 Å². The number of nitrogens with zero attached hydrogens (tertiary/aromatic N) is 1. The van der Waals surface area contributed by atoms with Crippen LogP contribution < -0.4 is 10.6 Å². The van der Waals surface area contributed by atoms with E-state index in [1.54, 1.807) is 0 Å². The molecule has 0 aromatic carbocycles. The van der Waals surface area contributed by atoms with Gasteiger partial charge in [0.1, 0.15) is 0 Å². The standard InChI is InChI=1S/C15H33N3O/c1-6-16-15(17-11-12-19-7-2)18-14(5)10-8-9-13(3)4/h13-14H,6-12H2,1-5H3,(H2,16,17,18). The third-order valence-corrected chi connectivity index (χ3v) is 2.86. The molecule has 0 heterocycles. The van der Waals surface area contributed by atoms with Crippen molar-refractivity contribution >= 4 is 5.96 Å². The van der Waals surface area contributed by atoms with Gasteiger partial charge in [0.2, 0.25) is 0 Å². The molecule has 4 heteroatoms. The van der Waals surface area contributed by atoms with Gasteiger partial charge in [-0.1, -0.05) is 26.7 Å². The molecule has 0 spiro atoms. The predicted octanol–water partition coefficient (Wildman–Crippen LogP) is 2.79. The van der Waals surface area contributed by atoms with Crippen molar-refractivity contribution < 1.29 is 4.74 Å². The lowest BCUT2D eigenvalue weighted by Gasteiger charge is -2.18. The van der Waals surface area contributed by atoms with E-state index < -0.39 is 0 Å². The minimum atomic E-state index is 0.462. The Morgan fingerprint density at radius 2 is 1.89 bits per heavy atom. The quantitative estimate of drug-likeness (QED) is 0.365. The first kappa shape index (κ1) is 18.2. The van der Waals surface area contributed by atoms with E-state index >= 15 is 0 Å². The highest BCUT2D eigenvalue weighted by molar-refractivity contribution is 5.80. The van der Waals surface area contributed by atoms with E-state index in [-0.39, 0.29) is 0 Å². The molecule has 2 N–H and O–H groups in total. The van der Waals surface area contributed by atoms with Crippen LogP contribution in [0.25, 0.3) is 0 Å². The molecule has 1 atom stereocenters. The number of rotatable bonds is 10. The summed E-state index contributed by atoms with van der Waals surface area (Å²) in [6.45, 7) is 13.9. The fraction of sp³-hybridized carbons (Fsp3) is 0.933. The van der Waals surface area contributed by atoms with E-state index in [1.807, 2.05) is 6.92 Å². The zero-order valence-electron chi connectivity index (χ0n) is 13.5. The zero-order valence-corrected chi connectivity index (χ0v) is 13.5. The molecule has 0 rings (SSSR count). The van der Waals surface area contributed by atoms with E-state index in [9.17, 15) is 0 Å². The minimum absolute atomic E-state index is 0.462. The molecule has 0 aliphatic heterocycles. The fourth-order valence-electron chi connectivity index (χ4n) is 1.82. The summed E-state index contributed by atoms with van der Waals surface area (Å²) in [6, 6.07) is 0.462. The SMILES string of the molecule is CCNC(=NCCOCC)NC(C)CCCC(C)C. The molecular formula is C15H33N3O. The van der Waals surface area contributed by atoms with Crippen molar-refractivity contribution in [2.75, 3.05) is 26.3 Å². The van der Waals surface area contributed by atoms with Crippen LogP contribution >= 0.6 is 0 Å². The molecule has 0 saturated heterocycles.